The molecular formula is C25H22ClF2NO2. The minimum absolute atomic E-state index is 0.153. The van der Waals surface area contributed by atoms with Crippen molar-refractivity contribution in [1.82, 2.24) is 0 Å². The minimum atomic E-state index is -1.83. The molecule has 0 aliphatic carbocycles. The zero-order valence-electron chi connectivity index (χ0n) is 16.9. The summed E-state index contributed by atoms with van der Waals surface area (Å²) in [7, 11) is 0. The monoisotopic (exact) mass is 441 g/mol. The molecule has 3 aromatic carbocycles. The summed E-state index contributed by atoms with van der Waals surface area (Å²) in [5, 5.41) is 3.52. The lowest BCUT2D eigenvalue weighted by Crippen LogP contribution is -2.31. The number of halogens is 3. The van der Waals surface area contributed by atoms with Crippen molar-refractivity contribution in [3.63, 3.8) is 0 Å². The van der Waals surface area contributed by atoms with Crippen LogP contribution in [0.15, 0.2) is 84.9 Å². The van der Waals surface area contributed by atoms with Gasteiger partial charge in [0.15, 0.2) is 0 Å². The highest BCUT2D eigenvalue weighted by Crippen LogP contribution is 2.30. The zero-order chi connectivity index (χ0) is 22.2. The SMILES string of the molecule is CCOC(=O)C(CC(=C(F)F)c1ccc(-c2ccccc2)cc1)Nc1ccc(Cl)cc1. The van der Waals surface area contributed by atoms with Crippen LogP contribution in [0, 0.1) is 0 Å². The first kappa shape index (κ1) is 22.5. The molecule has 1 atom stereocenters. The lowest BCUT2D eigenvalue weighted by molar-refractivity contribution is -0.143. The molecule has 0 aromatic heterocycles. The zero-order valence-corrected chi connectivity index (χ0v) is 17.7. The maximum Gasteiger partial charge on any atom is 0.328 e. The number of hydrogen-bond donors (Lipinski definition) is 1. The van der Waals surface area contributed by atoms with Gasteiger partial charge in [-0.05, 0) is 47.9 Å². The average molecular weight is 442 g/mol. The van der Waals surface area contributed by atoms with Crippen LogP contribution in [-0.4, -0.2) is 18.6 Å². The molecule has 0 radical (unpaired) electrons. The van der Waals surface area contributed by atoms with E-state index in [-0.39, 0.29) is 18.6 Å². The van der Waals surface area contributed by atoms with Gasteiger partial charge in [0.1, 0.15) is 6.04 Å². The van der Waals surface area contributed by atoms with E-state index in [9.17, 15) is 13.6 Å². The van der Waals surface area contributed by atoms with Gasteiger partial charge in [-0.25, -0.2) is 4.79 Å². The van der Waals surface area contributed by atoms with Crippen LogP contribution in [0.1, 0.15) is 18.9 Å². The smallest absolute Gasteiger partial charge is 0.328 e. The summed E-state index contributed by atoms with van der Waals surface area (Å²) in [6.45, 7) is 1.83. The van der Waals surface area contributed by atoms with Gasteiger partial charge in [0, 0.05) is 22.7 Å². The number of ether oxygens (including phenoxy) is 1. The van der Waals surface area contributed by atoms with Crippen molar-refractivity contribution >= 4 is 28.8 Å². The Morgan fingerprint density at radius 1 is 0.935 bits per heavy atom. The quantitative estimate of drug-likeness (QED) is 0.380. The van der Waals surface area contributed by atoms with Crippen LogP contribution in [0.3, 0.4) is 0 Å². The topological polar surface area (TPSA) is 38.3 Å². The number of anilines is 1. The largest absolute Gasteiger partial charge is 0.464 e. The minimum Gasteiger partial charge on any atom is -0.464 e. The first-order valence-electron chi connectivity index (χ1n) is 9.86. The molecule has 1 unspecified atom stereocenters. The lowest BCUT2D eigenvalue weighted by atomic mass is 9.96. The Morgan fingerprint density at radius 2 is 1.55 bits per heavy atom. The van der Waals surface area contributed by atoms with Crippen LogP contribution >= 0.6 is 11.6 Å². The van der Waals surface area contributed by atoms with Gasteiger partial charge in [0.25, 0.3) is 6.08 Å². The molecule has 0 spiro atoms. The first-order valence-corrected chi connectivity index (χ1v) is 10.2. The van der Waals surface area contributed by atoms with E-state index < -0.39 is 18.1 Å². The average Bonchev–Trinajstić information content (AvgIpc) is 2.78. The molecule has 0 fully saturated rings. The van der Waals surface area contributed by atoms with Crippen molar-refractivity contribution in [2.75, 3.05) is 11.9 Å². The van der Waals surface area contributed by atoms with E-state index in [2.05, 4.69) is 5.32 Å². The highest BCUT2D eigenvalue weighted by Gasteiger charge is 2.24. The molecule has 0 saturated carbocycles. The number of carbonyl (C=O) groups is 1. The van der Waals surface area contributed by atoms with Crippen LogP contribution in [0.25, 0.3) is 16.7 Å². The molecular weight excluding hydrogens is 420 g/mol. The first-order chi connectivity index (χ1) is 15.0. The highest BCUT2D eigenvalue weighted by molar-refractivity contribution is 6.30. The van der Waals surface area contributed by atoms with Crippen molar-refractivity contribution in [2.24, 2.45) is 0 Å². The second kappa shape index (κ2) is 10.7. The Hall–Kier alpha value is -3.18. The van der Waals surface area contributed by atoms with Crippen molar-refractivity contribution in [3.05, 3.63) is 95.5 Å². The van der Waals surface area contributed by atoms with Crippen molar-refractivity contribution in [1.29, 1.82) is 0 Å². The molecule has 0 heterocycles. The Morgan fingerprint density at radius 3 is 2.13 bits per heavy atom. The normalized spacial score (nSPS) is 11.5. The number of benzene rings is 3. The van der Waals surface area contributed by atoms with Gasteiger partial charge in [-0.15, -0.1) is 0 Å². The summed E-state index contributed by atoms with van der Waals surface area (Å²) in [4.78, 5) is 12.5. The summed E-state index contributed by atoms with van der Waals surface area (Å²) in [5.74, 6) is -0.600. The van der Waals surface area contributed by atoms with E-state index in [1.807, 2.05) is 30.3 Å². The van der Waals surface area contributed by atoms with Gasteiger partial charge in [0.2, 0.25) is 0 Å². The summed E-state index contributed by atoms with van der Waals surface area (Å²) in [5.41, 5.74) is 2.64. The molecule has 3 nitrogen and oxygen atoms in total. The Labute approximate surface area is 185 Å². The third-order valence-corrected chi connectivity index (χ3v) is 4.99. The van der Waals surface area contributed by atoms with Crippen LogP contribution in [-0.2, 0) is 9.53 Å². The molecule has 0 saturated heterocycles. The molecule has 160 valence electrons. The van der Waals surface area contributed by atoms with Gasteiger partial charge >= 0.3 is 5.97 Å². The third-order valence-electron chi connectivity index (χ3n) is 4.73. The van der Waals surface area contributed by atoms with Gasteiger partial charge in [-0.3, -0.25) is 0 Å². The van der Waals surface area contributed by atoms with E-state index in [1.54, 1.807) is 55.5 Å². The van der Waals surface area contributed by atoms with Gasteiger partial charge < -0.3 is 10.1 Å². The van der Waals surface area contributed by atoms with E-state index in [4.69, 9.17) is 16.3 Å². The summed E-state index contributed by atoms with van der Waals surface area (Å²) in [6.07, 6.45) is -2.06. The summed E-state index contributed by atoms with van der Waals surface area (Å²) < 4.78 is 32.9. The van der Waals surface area contributed by atoms with Crippen LogP contribution in [0.2, 0.25) is 5.02 Å². The maximum absolute atomic E-state index is 13.9. The Bertz CT molecular complexity index is 1030. The molecule has 1 N–H and O–H groups in total. The molecule has 31 heavy (non-hydrogen) atoms. The summed E-state index contributed by atoms with van der Waals surface area (Å²) >= 11 is 5.90. The molecule has 0 amide bonds. The fraction of sp³-hybridized carbons (Fsp3) is 0.160. The van der Waals surface area contributed by atoms with Crippen molar-refractivity contribution < 1.29 is 18.3 Å². The van der Waals surface area contributed by atoms with E-state index in [0.29, 0.717) is 16.3 Å². The summed E-state index contributed by atoms with van der Waals surface area (Å²) in [6, 6.07) is 22.2. The van der Waals surface area contributed by atoms with Crippen LogP contribution < -0.4 is 5.32 Å². The number of esters is 1. The van der Waals surface area contributed by atoms with Gasteiger partial charge in [-0.2, -0.15) is 8.78 Å². The molecule has 3 rings (SSSR count). The predicted octanol–water partition coefficient (Wildman–Crippen LogP) is 7.05. The fourth-order valence-corrected chi connectivity index (χ4v) is 3.31. The molecule has 0 aliphatic rings. The molecule has 6 heteroatoms. The third kappa shape index (κ3) is 6.15. The predicted molar refractivity (Wildman–Crippen MR) is 121 cm³/mol. The van der Waals surface area contributed by atoms with Crippen molar-refractivity contribution in [2.45, 2.75) is 19.4 Å². The number of nitrogens with one attached hydrogen (secondary N) is 1. The molecule has 0 aliphatic heterocycles. The highest BCUT2D eigenvalue weighted by atomic mass is 35.5. The van der Waals surface area contributed by atoms with Crippen LogP contribution in [0.4, 0.5) is 14.5 Å². The van der Waals surface area contributed by atoms with Gasteiger partial charge in [0.05, 0.1) is 6.61 Å². The maximum atomic E-state index is 13.9. The molecule has 3 aromatic rings. The van der Waals surface area contributed by atoms with Gasteiger partial charge in [-0.1, -0.05) is 66.2 Å². The standard InChI is InChI=1S/C25H22ClF2NO2/c1-2-31-25(30)23(29-21-14-12-20(26)13-15-21)16-22(24(27)28)19-10-8-18(9-11-19)17-6-4-3-5-7-17/h3-15,23,29H,2,16H2,1H3. The molecule has 0 bridgehead atoms. The number of hydrogen-bond acceptors (Lipinski definition) is 3. The van der Waals surface area contributed by atoms with E-state index >= 15 is 0 Å². The number of rotatable bonds is 8. The second-order valence-corrected chi connectivity index (χ2v) is 7.28. The van der Waals surface area contributed by atoms with Crippen LogP contribution in [0.5, 0.6) is 0 Å². The Balaban J connectivity index is 1.85. The second-order valence-electron chi connectivity index (χ2n) is 6.84. The number of carbonyl (C=O) groups excluding carboxylic acids is 1. The van der Waals surface area contributed by atoms with E-state index in [1.165, 1.54) is 0 Å². The Kier molecular flexibility index (Phi) is 7.79. The lowest BCUT2D eigenvalue weighted by Gasteiger charge is -2.20. The fourth-order valence-electron chi connectivity index (χ4n) is 3.19. The van der Waals surface area contributed by atoms with E-state index in [0.717, 1.165) is 11.1 Å². The van der Waals surface area contributed by atoms with Crippen molar-refractivity contribution in [3.8, 4) is 11.1 Å².